The van der Waals surface area contributed by atoms with E-state index in [1.54, 1.807) is 0 Å². The molecule has 9 nitrogen and oxygen atoms in total. The highest BCUT2D eigenvalue weighted by Crippen LogP contribution is 2.14. The summed E-state index contributed by atoms with van der Waals surface area (Å²) in [6, 6.07) is 4.14. The van der Waals surface area contributed by atoms with E-state index in [2.05, 4.69) is 17.2 Å². The lowest BCUT2D eigenvalue weighted by molar-refractivity contribution is -0.113. The van der Waals surface area contributed by atoms with Crippen LogP contribution in [0.25, 0.3) is 0 Å². The molecule has 0 unspecified atom stereocenters. The van der Waals surface area contributed by atoms with Crippen molar-refractivity contribution in [3.8, 4) is 0 Å². The Morgan fingerprint density at radius 1 is 1.11 bits per heavy atom. The lowest BCUT2D eigenvalue weighted by Crippen LogP contribution is -2.39. The third-order valence-electron chi connectivity index (χ3n) is 3.21. The highest BCUT2D eigenvalue weighted by molar-refractivity contribution is 7.92. The fourth-order valence-corrected chi connectivity index (χ4v) is 3.83. The van der Waals surface area contributed by atoms with Crippen LogP contribution < -0.4 is 15.4 Å². The number of anilines is 1. The molecule has 0 radical (unpaired) electrons. The number of nitrogens with one attached hydrogen (secondary N) is 3. The number of carbonyl (C=O) groups excluding carboxylic acids is 2. The largest absolute Gasteiger partial charge is 0.337 e. The van der Waals surface area contributed by atoms with E-state index >= 15 is 0 Å². The third kappa shape index (κ3) is 8.22. The molecule has 0 fully saturated rings. The number of rotatable bonds is 10. The Hall–Kier alpha value is -2.40. The van der Waals surface area contributed by atoms with Gasteiger partial charge in [0.25, 0.3) is 10.0 Å². The molecule has 0 aromatic heterocycles. The van der Waals surface area contributed by atoms with Crippen LogP contribution in [0.4, 0.5) is 10.5 Å². The Labute approximate surface area is 159 Å². The predicted molar refractivity (Wildman–Crippen MR) is 103 cm³/mol. The number of hydrogen-bond donors (Lipinski definition) is 3. The van der Waals surface area contributed by atoms with Crippen molar-refractivity contribution in [2.45, 2.75) is 24.7 Å². The quantitative estimate of drug-likeness (QED) is 0.384. The van der Waals surface area contributed by atoms with Gasteiger partial charge in [0, 0.05) is 12.2 Å². The summed E-state index contributed by atoms with van der Waals surface area (Å²) in [5.74, 6) is -1.77. The van der Waals surface area contributed by atoms with E-state index in [0.29, 0.717) is 6.54 Å². The van der Waals surface area contributed by atoms with Crippen molar-refractivity contribution < 1.29 is 26.4 Å². The SMILES string of the molecule is C=CCS(=O)(=O)CC(=O)Nc1ccc(S(=O)(=O)NC(=O)NCCCC)cc1. The zero-order valence-corrected chi connectivity index (χ0v) is 16.5. The lowest BCUT2D eigenvalue weighted by Gasteiger charge is -2.09. The average molecular weight is 418 g/mol. The number of carbonyl (C=O) groups is 2. The highest BCUT2D eigenvalue weighted by Gasteiger charge is 2.18. The first-order valence-electron chi connectivity index (χ1n) is 8.11. The fraction of sp³-hybridized carbons (Fsp3) is 0.375. The van der Waals surface area contributed by atoms with Crippen LogP contribution in [-0.4, -0.2) is 46.8 Å². The molecule has 0 aliphatic rings. The number of sulfonamides is 1. The van der Waals surface area contributed by atoms with Crippen LogP contribution in [0.2, 0.25) is 0 Å². The second-order valence-electron chi connectivity index (χ2n) is 5.63. The summed E-state index contributed by atoms with van der Waals surface area (Å²) in [5.41, 5.74) is 0.222. The molecule has 0 heterocycles. The van der Waals surface area contributed by atoms with Gasteiger partial charge in [-0.3, -0.25) is 4.79 Å². The van der Waals surface area contributed by atoms with E-state index in [9.17, 15) is 26.4 Å². The standard InChI is InChI=1S/C16H23N3O6S2/c1-3-5-10-17-16(21)19-27(24,25)14-8-6-13(7-9-14)18-15(20)12-26(22,23)11-4-2/h4,6-9H,2-3,5,10-12H2,1H3,(H,18,20)(H2,17,19,21). The second kappa shape index (κ2) is 10.1. The number of sulfone groups is 1. The van der Waals surface area contributed by atoms with E-state index in [1.807, 2.05) is 11.6 Å². The molecule has 0 atom stereocenters. The van der Waals surface area contributed by atoms with Crippen molar-refractivity contribution in [2.75, 3.05) is 23.4 Å². The normalized spacial score (nSPS) is 11.4. The Morgan fingerprint density at radius 3 is 2.30 bits per heavy atom. The van der Waals surface area contributed by atoms with Crippen LogP contribution in [0.3, 0.4) is 0 Å². The Bertz CT molecular complexity index is 877. The van der Waals surface area contributed by atoms with Crippen LogP contribution in [-0.2, 0) is 24.7 Å². The number of amides is 3. The van der Waals surface area contributed by atoms with Crippen molar-refractivity contribution in [3.05, 3.63) is 36.9 Å². The van der Waals surface area contributed by atoms with Gasteiger partial charge in [0.05, 0.1) is 10.6 Å². The molecule has 0 saturated heterocycles. The zero-order valence-electron chi connectivity index (χ0n) is 14.9. The Morgan fingerprint density at radius 2 is 1.74 bits per heavy atom. The summed E-state index contributed by atoms with van der Waals surface area (Å²) in [6.45, 7) is 5.60. The van der Waals surface area contributed by atoms with Gasteiger partial charge >= 0.3 is 6.03 Å². The van der Waals surface area contributed by atoms with E-state index in [4.69, 9.17) is 0 Å². The summed E-state index contributed by atoms with van der Waals surface area (Å²) < 4.78 is 49.2. The second-order valence-corrected chi connectivity index (χ2v) is 9.42. The molecule has 0 spiro atoms. The van der Waals surface area contributed by atoms with Crippen molar-refractivity contribution in [1.29, 1.82) is 0 Å². The topological polar surface area (TPSA) is 139 Å². The summed E-state index contributed by atoms with van der Waals surface area (Å²) in [5, 5.41) is 4.79. The number of benzene rings is 1. The van der Waals surface area contributed by atoms with Gasteiger partial charge in [0.1, 0.15) is 5.75 Å². The van der Waals surface area contributed by atoms with E-state index in [0.717, 1.165) is 12.8 Å². The minimum atomic E-state index is -4.06. The molecule has 1 aromatic rings. The van der Waals surface area contributed by atoms with Gasteiger partial charge in [0.2, 0.25) is 5.91 Å². The van der Waals surface area contributed by atoms with Crippen LogP contribution in [0.5, 0.6) is 0 Å². The fourth-order valence-electron chi connectivity index (χ4n) is 1.95. The molecule has 1 rings (SSSR count). The van der Waals surface area contributed by atoms with Crippen LogP contribution in [0, 0.1) is 0 Å². The Balaban J connectivity index is 2.70. The summed E-state index contributed by atoms with van der Waals surface area (Å²) in [7, 11) is -7.65. The van der Waals surface area contributed by atoms with Crippen molar-refractivity contribution in [2.24, 2.45) is 0 Å². The molecular formula is C16H23N3O6S2. The first kappa shape index (κ1) is 22.6. The van der Waals surface area contributed by atoms with Gasteiger partial charge < -0.3 is 10.6 Å². The predicted octanol–water partition coefficient (Wildman–Crippen LogP) is 1.01. The van der Waals surface area contributed by atoms with Crippen molar-refractivity contribution >= 4 is 37.5 Å². The van der Waals surface area contributed by atoms with E-state index in [-0.39, 0.29) is 16.3 Å². The average Bonchev–Trinajstić information content (AvgIpc) is 2.54. The van der Waals surface area contributed by atoms with Crippen LogP contribution in [0.15, 0.2) is 41.8 Å². The van der Waals surface area contributed by atoms with Gasteiger partial charge in [-0.2, -0.15) is 0 Å². The van der Waals surface area contributed by atoms with Gasteiger partial charge in [-0.1, -0.05) is 19.4 Å². The summed E-state index contributed by atoms with van der Waals surface area (Å²) >= 11 is 0. The summed E-state index contributed by atoms with van der Waals surface area (Å²) in [6.07, 6.45) is 2.77. The van der Waals surface area contributed by atoms with Gasteiger partial charge in [-0.15, -0.1) is 6.58 Å². The molecule has 11 heteroatoms. The first-order valence-corrected chi connectivity index (χ1v) is 11.4. The minimum Gasteiger partial charge on any atom is -0.337 e. The molecule has 0 aliphatic carbocycles. The van der Waals surface area contributed by atoms with Gasteiger partial charge in [0.15, 0.2) is 9.84 Å². The molecule has 3 N–H and O–H groups in total. The van der Waals surface area contributed by atoms with E-state index in [1.165, 1.54) is 30.3 Å². The molecular weight excluding hydrogens is 394 g/mol. The number of urea groups is 1. The summed E-state index contributed by atoms with van der Waals surface area (Å²) in [4.78, 5) is 23.2. The smallest absolute Gasteiger partial charge is 0.328 e. The molecule has 3 amide bonds. The monoisotopic (exact) mass is 417 g/mol. The number of hydrogen-bond acceptors (Lipinski definition) is 6. The maximum atomic E-state index is 12.1. The zero-order chi connectivity index (χ0) is 20.5. The molecule has 0 bridgehead atoms. The van der Waals surface area contributed by atoms with Crippen LogP contribution in [0.1, 0.15) is 19.8 Å². The maximum Gasteiger partial charge on any atom is 0.328 e. The minimum absolute atomic E-state index is 0.176. The van der Waals surface area contributed by atoms with Gasteiger partial charge in [-0.05, 0) is 30.7 Å². The maximum absolute atomic E-state index is 12.1. The van der Waals surface area contributed by atoms with E-state index < -0.39 is 37.6 Å². The molecule has 0 aliphatic heterocycles. The number of unbranched alkanes of at least 4 members (excludes halogenated alkanes) is 1. The molecule has 150 valence electrons. The highest BCUT2D eigenvalue weighted by atomic mass is 32.2. The Kier molecular flexibility index (Phi) is 8.44. The lowest BCUT2D eigenvalue weighted by atomic mass is 10.3. The molecule has 27 heavy (non-hydrogen) atoms. The van der Waals surface area contributed by atoms with Crippen LogP contribution >= 0.6 is 0 Å². The molecule has 1 aromatic carbocycles. The van der Waals surface area contributed by atoms with Crippen molar-refractivity contribution in [1.82, 2.24) is 10.0 Å². The van der Waals surface area contributed by atoms with Crippen molar-refractivity contribution in [3.63, 3.8) is 0 Å². The third-order valence-corrected chi connectivity index (χ3v) is 6.01. The van der Waals surface area contributed by atoms with Gasteiger partial charge in [-0.25, -0.2) is 26.4 Å². The first-order chi connectivity index (χ1) is 12.6. The molecule has 0 saturated carbocycles.